The van der Waals surface area contributed by atoms with Gasteiger partial charge in [-0.3, -0.25) is 9.59 Å². The van der Waals surface area contributed by atoms with Gasteiger partial charge in [0.15, 0.2) is 0 Å². The summed E-state index contributed by atoms with van der Waals surface area (Å²) in [5.41, 5.74) is 3.31. The van der Waals surface area contributed by atoms with Crippen molar-refractivity contribution in [3.8, 4) is 16.9 Å². The van der Waals surface area contributed by atoms with Crippen LogP contribution in [0.2, 0.25) is 5.02 Å². The lowest BCUT2D eigenvalue weighted by molar-refractivity contribution is -0.125. The van der Waals surface area contributed by atoms with Crippen molar-refractivity contribution in [1.29, 1.82) is 0 Å². The molecule has 0 fully saturated rings. The lowest BCUT2D eigenvalue weighted by Crippen LogP contribution is -2.24. The van der Waals surface area contributed by atoms with E-state index in [-0.39, 0.29) is 22.9 Å². The van der Waals surface area contributed by atoms with Crippen molar-refractivity contribution in [2.75, 3.05) is 31.0 Å². The van der Waals surface area contributed by atoms with Crippen molar-refractivity contribution >= 4 is 40.8 Å². The molecule has 0 atom stereocenters. The molecule has 3 rings (SSSR count). The molecule has 0 aliphatic heterocycles. The number of anilines is 2. The second-order valence-corrected chi connectivity index (χ2v) is 7.78. The van der Waals surface area contributed by atoms with Crippen molar-refractivity contribution in [3.05, 3.63) is 76.8 Å². The zero-order valence-electron chi connectivity index (χ0n) is 18.6. The molecule has 176 valence electrons. The van der Waals surface area contributed by atoms with Gasteiger partial charge in [0.2, 0.25) is 11.8 Å². The molecule has 2 amide bonds. The smallest absolute Gasteiger partial charge is 0.337 e. The van der Waals surface area contributed by atoms with Crippen LogP contribution in [0, 0.1) is 6.92 Å². The maximum atomic E-state index is 12.3. The van der Waals surface area contributed by atoms with E-state index in [2.05, 4.69) is 10.6 Å². The predicted molar refractivity (Wildman–Crippen MR) is 130 cm³/mol. The molecule has 0 saturated heterocycles. The second-order valence-electron chi connectivity index (χ2n) is 7.34. The van der Waals surface area contributed by atoms with E-state index in [1.165, 1.54) is 18.2 Å². The number of ether oxygens (including phenoxy) is 2. The Morgan fingerprint density at radius 2 is 1.47 bits per heavy atom. The number of hydrogen-bond donors (Lipinski definition) is 3. The van der Waals surface area contributed by atoms with E-state index in [1.54, 1.807) is 7.11 Å². The zero-order valence-corrected chi connectivity index (χ0v) is 19.3. The summed E-state index contributed by atoms with van der Waals surface area (Å²) in [5.74, 6) is -1.51. The van der Waals surface area contributed by atoms with Gasteiger partial charge < -0.3 is 25.2 Å². The summed E-state index contributed by atoms with van der Waals surface area (Å²) in [4.78, 5) is 35.8. The third kappa shape index (κ3) is 6.57. The highest BCUT2D eigenvalue weighted by Gasteiger charge is 2.14. The van der Waals surface area contributed by atoms with Gasteiger partial charge in [-0.25, -0.2) is 4.79 Å². The fourth-order valence-electron chi connectivity index (χ4n) is 3.13. The van der Waals surface area contributed by atoms with E-state index < -0.39 is 24.4 Å². The van der Waals surface area contributed by atoms with Crippen LogP contribution >= 0.6 is 11.6 Å². The molecule has 9 heteroatoms. The Labute approximate surface area is 201 Å². The Kier molecular flexibility index (Phi) is 8.24. The number of aromatic carboxylic acids is 1. The van der Waals surface area contributed by atoms with Crippen molar-refractivity contribution in [2.45, 2.75) is 6.92 Å². The van der Waals surface area contributed by atoms with Crippen molar-refractivity contribution in [1.82, 2.24) is 0 Å². The van der Waals surface area contributed by atoms with E-state index in [1.807, 2.05) is 49.4 Å². The molecule has 0 bridgehead atoms. The molecule has 8 nitrogen and oxygen atoms in total. The minimum atomic E-state index is -1.23. The maximum absolute atomic E-state index is 12.3. The first-order valence-electron chi connectivity index (χ1n) is 10.2. The number of aryl methyl sites for hydroxylation is 1. The molecule has 0 aliphatic carbocycles. The molecule has 0 saturated carbocycles. The van der Waals surface area contributed by atoms with Gasteiger partial charge in [0, 0.05) is 10.7 Å². The molecule has 0 radical (unpaired) electrons. The Morgan fingerprint density at radius 1 is 0.853 bits per heavy atom. The second kappa shape index (κ2) is 11.3. The number of carbonyl (C=O) groups is 3. The monoisotopic (exact) mass is 482 g/mol. The quantitative estimate of drug-likeness (QED) is 0.410. The highest BCUT2D eigenvalue weighted by Crippen LogP contribution is 2.27. The number of carboxylic acid groups (broad SMARTS) is 1. The number of hydrogen-bond acceptors (Lipinski definition) is 5. The topological polar surface area (TPSA) is 114 Å². The molecule has 0 aliphatic rings. The van der Waals surface area contributed by atoms with Gasteiger partial charge in [-0.2, -0.15) is 0 Å². The van der Waals surface area contributed by atoms with Crippen molar-refractivity contribution in [3.63, 3.8) is 0 Å². The third-order valence-corrected chi connectivity index (χ3v) is 5.12. The summed E-state index contributed by atoms with van der Waals surface area (Å²) in [6, 6.07) is 17.3. The SMILES string of the molecule is COc1ccc(-c2ccc(C)c(NC(=O)COCC(=O)Nc3ccc(Cl)cc3C(=O)O)c2)cc1. The first-order valence-corrected chi connectivity index (χ1v) is 10.6. The summed E-state index contributed by atoms with van der Waals surface area (Å²) in [5, 5.41) is 14.7. The van der Waals surface area contributed by atoms with E-state index in [0.717, 1.165) is 22.4 Å². The van der Waals surface area contributed by atoms with Crippen molar-refractivity contribution < 1.29 is 29.0 Å². The average Bonchev–Trinajstić information content (AvgIpc) is 2.81. The Balaban J connectivity index is 1.55. The van der Waals surface area contributed by atoms with Crippen LogP contribution in [-0.4, -0.2) is 43.2 Å². The number of halogens is 1. The summed E-state index contributed by atoms with van der Waals surface area (Å²) >= 11 is 5.80. The van der Waals surface area contributed by atoms with E-state index in [0.29, 0.717) is 5.69 Å². The van der Waals surface area contributed by atoms with E-state index in [4.69, 9.17) is 21.1 Å². The first kappa shape index (κ1) is 24.8. The van der Waals surface area contributed by atoms with Crippen LogP contribution in [0.25, 0.3) is 11.1 Å². The first-order chi connectivity index (χ1) is 16.3. The van der Waals surface area contributed by atoms with Crippen LogP contribution in [0.1, 0.15) is 15.9 Å². The average molecular weight is 483 g/mol. The number of amides is 2. The highest BCUT2D eigenvalue weighted by atomic mass is 35.5. The van der Waals surface area contributed by atoms with E-state index >= 15 is 0 Å². The number of benzene rings is 3. The van der Waals surface area contributed by atoms with Crippen LogP contribution in [0.5, 0.6) is 5.75 Å². The highest BCUT2D eigenvalue weighted by molar-refractivity contribution is 6.31. The van der Waals surface area contributed by atoms with Gasteiger partial charge in [0.1, 0.15) is 19.0 Å². The van der Waals surface area contributed by atoms with Gasteiger partial charge in [-0.05, 0) is 60.0 Å². The van der Waals surface area contributed by atoms with Gasteiger partial charge in [0.05, 0.1) is 18.4 Å². The molecule has 3 aromatic carbocycles. The molecular formula is C25H23ClN2O6. The summed E-state index contributed by atoms with van der Waals surface area (Å²) in [7, 11) is 1.60. The summed E-state index contributed by atoms with van der Waals surface area (Å²) in [6.07, 6.45) is 0. The molecular weight excluding hydrogens is 460 g/mol. The number of rotatable bonds is 9. The van der Waals surface area contributed by atoms with Gasteiger partial charge in [-0.15, -0.1) is 0 Å². The summed E-state index contributed by atoms with van der Waals surface area (Å²) < 4.78 is 10.4. The molecule has 0 unspecified atom stereocenters. The standard InChI is InChI=1S/C25H23ClN2O6/c1-15-3-4-17(16-5-8-19(33-2)9-6-16)11-22(15)28-24(30)14-34-13-23(29)27-21-10-7-18(26)12-20(21)25(31)32/h3-12H,13-14H2,1-2H3,(H,27,29)(H,28,30)(H,31,32). The minimum Gasteiger partial charge on any atom is -0.497 e. The third-order valence-electron chi connectivity index (χ3n) is 4.89. The van der Waals surface area contributed by atoms with Crippen molar-refractivity contribution in [2.24, 2.45) is 0 Å². The molecule has 3 aromatic rings. The molecule has 0 aromatic heterocycles. The molecule has 3 N–H and O–H groups in total. The van der Waals surface area contributed by atoms with Gasteiger partial charge >= 0.3 is 5.97 Å². The fraction of sp³-hybridized carbons (Fsp3) is 0.160. The maximum Gasteiger partial charge on any atom is 0.337 e. The van der Waals surface area contributed by atoms with Crippen LogP contribution in [0.3, 0.4) is 0 Å². The molecule has 34 heavy (non-hydrogen) atoms. The Bertz CT molecular complexity index is 1210. The van der Waals surface area contributed by atoms with Gasteiger partial charge in [0.25, 0.3) is 0 Å². The predicted octanol–water partition coefficient (Wildman–Crippen LogP) is 4.62. The Hall–Kier alpha value is -3.88. The normalized spacial score (nSPS) is 10.4. The van der Waals surface area contributed by atoms with Gasteiger partial charge in [-0.1, -0.05) is 35.9 Å². The van der Waals surface area contributed by atoms with Crippen LogP contribution in [-0.2, 0) is 14.3 Å². The Morgan fingerprint density at radius 3 is 2.09 bits per heavy atom. The largest absolute Gasteiger partial charge is 0.497 e. The van der Waals surface area contributed by atoms with Crippen LogP contribution in [0.4, 0.5) is 11.4 Å². The number of nitrogens with one attached hydrogen (secondary N) is 2. The number of methoxy groups -OCH3 is 1. The lowest BCUT2D eigenvalue weighted by atomic mass is 10.0. The van der Waals surface area contributed by atoms with Crippen LogP contribution in [0.15, 0.2) is 60.7 Å². The zero-order chi connectivity index (χ0) is 24.7. The van der Waals surface area contributed by atoms with E-state index in [9.17, 15) is 19.5 Å². The molecule has 0 spiro atoms. The number of carbonyl (C=O) groups excluding carboxylic acids is 2. The fourth-order valence-corrected chi connectivity index (χ4v) is 3.30. The lowest BCUT2D eigenvalue weighted by Gasteiger charge is -2.12. The summed E-state index contributed by atoms with van der Waals surface area (Å²) in [6.45, 7) is 1.08. The molecule has 0 heterocycles. The number of carboxylic acids is 1. The minimum absolute atomic E-state index is 0.0842. The van der Waals surface area contributed by atoms with Crippen LogP contribution < -0.4 is 15.4 Å².